The van der Waals surface area contributed by atoms with Crippen molar-refractivity contribution in [2.24, 2.45) is 0 Å². The number of aliphatic hydroxyl groups is 1. The normalized spacial score (nSPS) is 11.2. The van der Waals surface area contributed by atoms with Gasteiger partial charge in [-0.3, -0.25) is 0 Å². The number of aliphatic hydroxyl groups excluding tert-OH is 1. The molecule has 0 amide bonds. The fraction of sp³-hybridized carbons (Fsp3) is 0.571. The fourth-order valence-electron chi connectivity index (χ4n) is 1.80. The van der Waals surface area contributed by atoms with Crippen molar-refractivity contribution in [3.8, 4) is 5.75 Å². The Kier molecular flexibility index (Phi) is 4.81. The lowest BCUT2D eigenvalue weighted by Gasteiger charge is -2.19. The van der Waals surface area contributed by atoms with Crippen LogP contribution >= 0.6 is 0 Å². The Morgan fingerprint density at radius 1 is 1.06 bits per heavy atom. The first-order chi connectivity index (χ1) is 7.57. The maximum absolute atomic E-state index is 8.86. The van der Waals surface area contributed by atoms with E-state index in [0.29, 0.717) is 18.4 Å². The van der Waals surface area contributed by atoms with Crippen LogP contribution in [-0.4, -0.2) is 18.3 Å². The number of para-hydroxylation sites is 1. The van der Waals surface area contributed by atoms with Gasteiger partial charge in [-0.2, -0.15) is 0 Å². The van der Waals surface area contributed by atoms with Gasteiger partial charge in [-0.05, 0) is 23.0 Å². The molecule has 2 heteroatoms. The van der Waals surface area contributed by atoms with Crippen molar-refractivity contribution in [2.75, 3.05) is 13.2 Å². The molecule has 1 aromatic rings. The van der Waals surface area contributed by atoms with E-state index >= 15 is 0 Å². The van der Waals surface area contributed by atoms with E-state index in [-0.39, 0.29) is 6.61 Å². The molecule has 0 unspecified atom stereocenters. The molecule has 0 bridgehead atoms. The lowest BCUT2D eigenvalue weighted by atomic mass is 9.94. The van der Waals surface area contributed by atoms with Crippen LogP contribution in [0, 0.1) is 0 Å². The minimum absolute atomic E-state index is 0.0595. The van der Waals surface area contributed by atoms with Crippen LogP contribution in [-0.2, 0) is 0 Å². The highest BCUT2D eigenvalue weighted by Crippen LogP contribution is 2.34. The second kappa shape index (κ2) is 5.90. The number of ether oxygens (including phenoxy) is 1. The molecule has 0 heterocycles. The summed E-state index contributed by atoms with van der Waals surface area (Å²) in [5.41, 5.74) is 2.44. The highest BCUT2D eigenvalue weighted by atomic mass is 16.5. The molecule has 0 atom stereocenters. The quantitative estimate of drug-likeness (QED) is 0.828. The van der Waals surface area contributed by atoms with Crippen LogP contribution in [0.3, 0.4) is 0 Å². The van der Waals surface area contributed by atoms with Crippen molar-refractivity contribution in [1.82, 2.24) is 0 Å². The number of benzene rings is 1. The van der Waals surface area contributed by atoms with Gasteiger partial charge in [-0.15, -0.1) is 0 Å². The molecule has 0 saturated heterocycles. The molecule has 1 aromatic carbocycles. The highest BCUT2D eigenvalue weighted by molar-refractivity contribution is 5.44. The van der Waals surface area contributed by atoms with E-state index in [1.165, 1.54) is 11.1 Å². The Labute approximate surface area is 98.3 Å². The van der Waals surface area contributed by atoms with Gasteiger partial charge in [0.1, 0.15) is 12.4 Å². The van der Waals surface area contributed by atoms with Gasteiger partial charge in [-0.1, -0.05) is 45.9 Å². The number of rotatable bonds is 5. The molecule has 90 valence electrons. The van der Waals surface area contributed by atoms with E-state index in [2.05, 4.69) is 45.9 Å². The summed E-state index contributed by atoms with van der Waals surface area (Å²) < 4.78 is 5.69. The Balaban J connectivity index is 3.12. The summed E-state index contributed by atoms with van der Waals surface area (Å²) in [6.45, 7) is 9.06. The van der Waals surface area contributed by atoms with E-state index < -0.39 is 0 Å². The van der Waals surface area contributed by atoms with Gasteiger partial charge in [0.25, 0.3) is 0 Å². The maximum Gasteiger partial charge on any atom is 0.126 e. The van der Waals surface area contributed by atoms with E-state index in [9.17, 15) is 0 Å². The third kappa shape index (κ3) is 2.99. The molecule has 2 nitrogen and oxygen atoms in total. The SMILES string of the molecule is CC(C)c1cccc(C(C)C)c1OCCO. The predicted molar refractivity (Wildman–Crippen MR) is 67.2 cm³/mol. The molecule has 16 heavy (non-hydrogen) atoms. The zero-order valence-corrected chi connectivity index (χ0v) is 10.7. The molecule has 0 aromatic heterocycles. The maximum atomic E-state index is 8.86. The summed E-state index contributed by atoms with van der Waals surface area (Å²) in [5, 5.41) is 8.86. The average molecular weight is 222 g/mol. The van der Waals surface area contributed by atoms with Crippen LogP contribution in [0.25, 0.3) is 0 Å². The van der Waals surface area contributed by atoms with E-state index in [0.717, 1.165) is 5.75 Å². The van der Waals surface area contributed by atoms with Crippen molar-refractivity contribution in [3.05, 3.63) is 29.3 Å². The van der Waals surface area contributed by atoms with Gasteiger partial charge in [-0.25, -0.2) is 0 Å². The third-order valence-corrected chi connectivity index (χ3v) is 2.66. The van der Waals surface area contributed by atoms with E-state index in [1.807, 2.05) is 0 Å². The molecular formula is C14H22O2. The summed E-state index contributed by atoms with van der Waals surface area (Å²) in [6, 6.07) is 6.28. The fourth-order valence-corrected chi connectivity index (χ4v) is 1.80. The van der Waals surface area contributed by atoms with Crippen LogP contribution in [0.1, 0.15) is 50.7 Å². The zero-order chi connectivity index (χ0) is 12.1. The Bertz CT molecular complexity index is 303. The lowest BCUT2D eigenvalue weighted by Crippen LogP contribution is -2.07. The minimum atomic E-state index is 0.0595. The Morgan fingerprint density at radius 3 is 1.94 bits per heavy atom. The molecule has 0 fully saturated rings. The Hall–Kier alpha value is -1.02. The van der Waals surface area contributed by atoms with E-state index in [4.69, 9.17) is 9.84 Å². The Morgan fingerprint density at radius 2 is 1.56 bits per heavy atom. The smallest absolute Gasteiger partial charge is 0.126 e. The zero-order valence-electron chi connectivity index (χ0n) is 10.7. The van der Waals surface area contributed by atoms with E-state index in [1.54, 1.807) is 0 Å². The monoisotopic (exact) mass is 222 g/mol. The summed E-state index contributed by atoms with van der Waals surface area (Å²) in [7, 11) is 0. The first-order valence-corrected chi connectivity index (χ1v) is 5.94. The topological polar surface area (TPSA) is 29.5 Å². The van der Waals surface area contributed by atoms with Crippen molar-refractivity contribution in [3.63, 3.8) is 0 Å². The second-order valence-electron chi connectivity index (χ2n) is 4.65. The first-order valence-electron chi connectivity index (χ1n) is 5.94. The van der Waals surface area contributed by atoms with Gasteiger partial charge in [0, 0.05) is 0 Å². The van der Waals surface area contributed by atoms with Crippen molar-refractivity contribution in [2.45, 2.75) is 39.5 Å². The summed E-state index contributed by atoms with van der Waals surface area (Å²) in [6.07, 6.45) is 0. The first kappa shape index (κ1) is 13.0. The number of hydrogen-bond donors (Lipinski definition) is 1. The van der Waals surface area contributed by atoms with Crippen LogP contribution in [0.15, 0.2) is 18.2 Å². The van der Waals surface area contributed by atoms with Crippen LogP contribution in [0.4, 0.5) is 0 Å². The van der Waals surface area contributed by atoms with Crippen molar-refractivity contribution < 1.29 is 9.84 Å². The molecule has 1 N–H and O–H groups in total. The molecule has 0 aliphatic heterocycles. The van der Waals surface area contributed by atoms with Crippen molar-refractivity contribution in [1.29, 1.82) is 0 Å². The van der Waals surface area contributed by atoms with Crippen LogP contribution < -0.4 is 4.74 Å². The van der Waals surface area contributed by atoms with Gasteiger partial charge in [0.05, 0.1) is 6.61 Å². The van der Waals surface area contributed by atoms with Gasteiger partial charge in [0.2, 0.25) is 0 Å². The predicted octanol–water partition coefficient (Wildman–Crippen LogP) is 3.30. The minimum Gasteiger partial charge on any atom is -0.491 e. The summed E-state index contributed by atoms with van der Waals surface area (Å²) in [5.74, 6) is 1.83. The van der Waals surface area contributed by atoms with Crippen LogP contribution in [0.5, 0.6) is 5.75 Å². The molecule has 0 saturated carbocycles. The molecular weight excluding hydrogens is 200 g/mol. The molecule has 1 rings (SSSR count). The summed E-state index contributed by atoms with van der Waals surface area (Å²) >= 11 is 0. The lowest BCUT2D eigenvalue weighted by molar-refractivity contribution is 0.198. The van der Waals surface area contributed by atoms with Gasteiger partial charge in [0.15, 0.2) is 0 Å². The number of hydrogen-bond acceptors (Lipinski definition) is 2. The third-order valence-electron chi connectivity index (χ3n) is 2.66. The standard InChI is InChI=1S/C14H22O2/c1-10(2)12-6-5-7-13(11(3)4)14(12)16-9-8-15/h5-7,10-11,15H,8-9H2,1-4H3. The second-order valence-corrected chi connectivity index (χ2v) is 4.65. The highest BCUT2D eigenvalue weighted by Gasteiger charge is 2.14. The molecule has 0 spiro atoms. The van der Waals surface area contributed by atoms with Gasteiger partial charge < -0.3 is 9.84 Å². The van der Waals surface area contributed by atoms with Crippen LogP contribution in [0.2, 0.25) is 0 Å². The molecule has 0 aliphatic carbocycles. The molecule has 0 aliphatic rings. The van der Waals surface area contributed by atoms with Gasteiger partial charge >= 0.3 is 0 Å². The van der Waals surface area contributed by atoms with Crippen molar-refractivity contribution >= 4 is 0 Å². The largest absolute Gasteiger partial charge is 0.491 e. The summed E-state index contributed by atoms with van der Waals surface area (Å²) in [4.78, 5) is 0. The molecule has 0 radical (unpaired) electrons. The average Bonchev–Trinajstić information content (AvgIpc) is 2.25.